The Morgan fingerprint density at radius 2 is 2.24 bits per heavy atom. The molecule has 0 saturated carbocycles. The molecule has 1 aromatic heterocycles. The normalized spacial score (nSPS) is 17.9. The average Bonchev–Trinajstić information content (AvgIpc) is 3.17. The monoisotopic (exact) mass is 291 g/mol. The molecule has 1 N–H and O–H groups in total. The number of aromatic nitrogens is 2. The highest BCUT2D eigenvalue weighted by atomic mass is 19.1. The van der Waals surface area contributed by atoms with Gasteiger partial charge in [0, 0.05) is 13.2 Å². The van der Waals surface area contributed by atoms with Gasteiger partial charge in [0.15, 0.2) is 0 Å². The Kier molecular flexibility index (Phi) is 3.92. The summed E-state index contributed by atoms with van der Waals surface area (Å²) in [4.78, 5) is 11.9. The summed E-state index contributed by atoms with van der Waals surface area (Å²) in [5.74, 6) is -1.17. The molecule has 1 amide bonds. The summed E-state index contributed by atoms with van der Waals surface area (Å²) in [5.41, 5.74) is 0.170. The fraction of sp³-hybridized carbons (Fsp3) is 0.357. The minimum Gasteiger partial charge on any atom is -0.412 e. The Balaban J connectivity index is 1.66. The van der Waals surface area contributed by atoms with Gasteiger partial charge in [-0.05, 0) is 25.0 Å². The molecule has 7 heteroatoms. The first kappa shape index (κ1) is 13.7. The minimum absolute atomic E-state index is 0.0182. The SMILES string of the molecule is O=C(NCC1CCCO1)c1nnc(-c2ccccc2F)o1. The molecule has 1 aromatic carbocycles. The first-order chi connectivity index (χ1) is 10.2. The van der Waals surface area contributed by atoms with Gasteiger partial charge in [0.2, 0.25) is 0 Å². The van der Waals surface area contributed by atoms with Gasteiger partial charge in [-0.1, -0.05) is 12.1 Å². The van der Waals surface area contributed by atoms with E-state index in [-0.39, 0.29) is 23.4 Å². The van der Waals surface area contributed by atoms with Gasteiger partial charge >= 0.3 is 11.8 Å². The van der Waals surface area contributed by atoms with E-state index in [4.69, 9.17) is 9.15 Å². The van der Waals surface area contributed by atoms with E-state index in [0.29, 0.717) is 6.54 Å². The van der Waals surface area contributed by atoms with Crippen molar-refractivity contribution in [1.82, 2.24) is 15.5 Å². The maximum absolute atomic E-state index is 13.6. The van der Waals surface area contributed by atoms with Gasteiger partial charge in [0.05, 0.1) is 11.7 Å². The lowest BCUT2D eigenvalue weighted by molar-refractivity contribution is 0.0830. The van der Waals surface area contributed by atoms with Crippen molar-refractivity contribution in [3.8, 4) is 11.5 Å². The third kappa shape index (κ3) is 3.08. The molecular formula is C14H14FN3O3. The van der Waals surface area contributed by atoms with Crippen molar-refractivity contribution in [2.24, 2.45) is 0 Å². The van der Waals surface area contributed by atoms with Crippen molar-refractivity contribution < 1.29 is 18.3 Å². The van der Waals surface area contributed by atoms with Crippen LogP contribution in [0.4, 0.5) is 4.39 Å². The Morgan fingerprint density at radius 1 is 1.38 bits per heavy atom. The Morgan fingerprint density at radius 3 is 3.00 bits per heavy atom. The average molecular weight is 291 g/mol. The number of carbonyl (C=O) groups excluding carboxylic acids is 1. The van der Waals surface area contributed by atoms with E-state index in [1.54, 1.807) is 12.1 Å². The van der Waals surface area contributed by atoms with Crippen molar-refractivity contribution in [3.05, 3.63) is 36.0 Å². The summed E-state index contributed by atoms with van der Waals surface area (Å²) in [6.07, 6.45) is 1.95. The molecule has 1 aliphatic heterocycles. The van der Waals surface area contributed by atoms with Crippen LogP contribution >= 0.6 is 0 Å². The largest absolute Gasteiger partial charge is 0.412 e. The molecule has 1 unspecified atom stereocenters. The second-order valence-electron chi connectivity index (χ2n) is 4.74. The van der Waals surface area contributed by atoms with Gasteiger partial charge < -0.3 is 14.5 Å². The van der Waals surface area contributed by atoms with E-state index in [1.807, 2.05) is 0 Å². The van der Waals surface area contributed by atoms with Crippen LogP contribution in [0.3, 0.4) is 0 Å². The number of nitrogens with zero attached hydrogens (tertiary/aromatic N) is 2. The zero-order valence-corrected chi connectivity index (χ0v) is 11.2. The fourth-order valence-corrected chi connectivity index (χ4v) is 2.15. The van der Waals surface area contributed by atoms with Gasteiger partial charge in [0.25, 0.3) is 5.89 Å². The zero-order chi connectivity index (χ0) is 14.7. The number of hydrogen-bond acceptors (Lipinski definition) is 5. The molecule has 21 heavy (non-hydrogen) atoms. The third-order valence-corrected chi connectivity index (χ3v) is 3.24. The molecule has 2 aromatic rings. The van der Waals surface area contributed by atoms with Crippen LogP contribution < -0.4 is 5.32 Å². The van der Waals surface area contributed by atoms with E-state index in [1.165, 1.54) is 12.1 Å². The van der Waals surface area contributed by atoms with Crippen LogP contribution in [0.25, 0.3) is 11.5 Å². The maximum atomic E-state index is 13.6. The molecule has 0 spiro atoms. The quantitative estimate of drug-likeness (QED) is 0.929. The summed E-state index contributed by atoms with van der Waals surface area (Å²) < 4.78 is 24.2. The number of hydrogen-bond donors (Lipinski definition) is 1. The molecule has 1 fully saturated rings. The van der Waals surface area contributed by atoms with Crippen LogP contribution in [0.2, 0.25) is 0 Å². The summed E-state index contributed by atoms with van der Waals surface area (Å²) in [6.45, 7) is 1.12. The number of halogens is 1. The molecule has 1 atom stereocenters. The van der Waals surface area contributed by atoms with E-state index < -0.39 is 11.7 Å². The van der Waals surface area contributed by atoms with Crippen molar-refractivity contribution in [3.63, 3.8) is 0 Å². The van der Waals surface area contributed by atoms with Crippen molar-refractivity contribution >= 4 is 5.91 Å². The predicted molar refractivity (Wildman–Crippen MR) is 71.0 cm³/mol. The van der Waals surface area contributed by atoms with E-state index in [9.17, 15) is 9.18 Å². The Labute approximate surface area is 120 Å². The van der Waals surface area contributed by atoms with Gasteiger partial charge in [-0.15, -0.1) is 10.2 Å². The van der Waals surface area contributed by atoms with Crippen molar-refractivity contribution in [2.45, 2.75) is 18.9 Å². The molecule has 2 heterocycles. The highest BCUT2D eigenvalue weighted by molar-refractivity contribution is 5.89. The number of nitrogens with one attached hydrogen (secondary N) is 1. The second-order valence-corrected chi connectivity index (χ2v) is 4.74. The molecule has 0 bridgehead atoms. The predicted octanol–water partition coefficient (Wildman–Crippen LogP) is 1.78. The van der Waals surface area contributed by atoms with Gasteiger partial charge in [-0.3, -0.25) is 4.79 Å². The standard InChI is InChI=1S/C14H14FN3O3/c15-11-6-2-1-5-10(11)13-17-18-14(21-13)12(19)16-8-9-4-3-7-20-9/h1-2,5-6,9H,3-4,7-8H2,(H,16,19). The number of ether oxygens (including phenoxy) is 1. The van der Waals surface area contributed by atoms with Crippen molar-refractivity contribution in [1.29, 1.82) is 0 Å². The number of rotatable bonds is 4. The van der Waals surface area contributed by atoms with Crippen LogP contribution in [0.15, 0.2) is 28.7 Å². The van der Waals surface area contributed by atoms with E-state index in [2.05, 4.69) is 15.5 Å². The summed E-state index contributed by atoms with van der Waals surface area (Å²) in [6, 6.07) is 6.01. The number of amides is 1. The molecule has 3 rings (SSSR count). The van der Waals surface area contributed by atoms with E-state index in [0.717, 1.165) is 19.4 Å². The lowest BCUT2D eigenvalue weighted by Crippen LogP contribution is -2.31. The summed E-state index contributed by atoms with van der Waals surface area (Å²) in [5, 5.41) is 10.0. The van der Waals surface area contributed by atoms with Crippen LogP contribution in [-0.4, -0.2) is 35.4 Å². The Hall–Kier alpha value is -2.28. The molecular weight excluding hydrogens is 277 g/mol. The summed E-state index contributed by atoms with van der Waals surface area (Å²) >= 11 is 0. The highest BCUT2D eigenvalue weighted by Crippen LogP contribution is 2.20. The van der Waals surface area contributed by atoms with Gasteiger partial charge in [-0.25, -0.2) is 4.39 Å². The third-order valence-electron chi connectivity index (χ3n) is 3.24. The van der Waals surface area contributed by atoms with Gasteiger partial charge in [0.1, 0.15) is 5.82 Å². The topological polar surface area (TPSA) is 77.2 Å². The second kappa shape index (κ2) is 6.01. The van der Waals surface area contributed by atoms with Crippen LogP contribution in [0, 0.1) is 5.82 Å². The summed E-state index contributed by atoms with van der Waals surface area (Å²) in [7, 11) is 0. The number of carbonyl (C=O) groups is 1. The number of benzene rings is 1. The van der Waals surface area contributed by atoms with Crippen LogP contribution in [-0.2, 0) is 4.74 Å². The van der Waals surface area contributed by atoms with E-state index >= 15 is 0 Å². The molecule has 0 aliphatic carbocycles. The highest BCUT2D eigenvalue weighted by Gasteiger charge is 2.20. The Bertz CT molecular complexity index is 638. The molecule has 110 valence electrons. The maximum Gasteiger partial charge on any atom is 0.308 e. The van der Waals surface area contributed by atoms with Gasteiger partial charge in [-0.2, -0.15) is 0 Å². The minimum atomic E-state index is -0.486. The van der Waals surface area contributed by atoms with Crippen molar-refractivity contribution in [2.75, 3.05) is 13.2 Å². The lowest BCUT2D eigenvalue weighted by Gasteiger charge is -2.08. The first-order valence-corrected chi connectivity index (χ1v) is 6.72. The molecule has 0 radical (unpaired) electrons. The smallest absolute Gasteiger partial charge is 0.308 e. The fourth-order valence-electron chi connectivity index (χ4n) is 2.15. The molecule has 1 saturated heterocycles. The van der Waals surface area contributed by atoms with Crippen LogP contribution in [0.1, 0.15) is 23.5 Å². The van der Waals surface area contributed by atoms with Crippen LogP contribution in [0.5, 0.6) is 0 Å². The molecule has 1 aliphatic rings. The zero-order valence-electron chi connectivity index (χ0n) is 11.2. The lowest BCUT2D eigenvalue weighted by atomic mass is 10.2. The first-order valence-electron chi connectivity index (χ1n) is 6.72. The molecule has 6 nitrogen and oxygen atoms in total.